The minimum Gasteiger partial charge on any atom is -0.507 e. The van der Waals surface area contributed by atoms with Crippen LogP contribution in [0.3, 0.4) is 0 Å². The molecule has 1 atom stereocenters. The van der Waals surface area contributed by atoms with Gasteiger partial charge in [0.1, 0.15) is 11.5 Å². The normalized spacial score (nSPS) is 16.8. The summed E-state index contributed by atoms with van der Waals surface area (Å²) in [4.78, 5) is 32.1. The van der Waals surface area contributed by atoms with E-state index < -0.39 is 17.7 Å². The number of anilines is 1. The fourth-order valence-corrected chi connectivity index (χ4v) is 5.32. The molecule has 6 heteroatoms. The quantitative estimate of drug-likeness (QED) is 0.105. The Bertz CT molecular complexity index is 1530. The number of aliphatic hydroxyl groups excluding tert-OH is 1. The second-order valence-electron chi connectivity index (χ2n) is 9.98. The summed E-state index contributed by atoms with van der Waals surface area (Å²) in [5.74, 6) is -0.871. The molecule has 0 bridgehead atoms. The predicted octanol–water partition coefficient (Wildman–Crippen LogP) is 7.23. The molecule has 39 heavy (non-hydrogen) atoms. The summed E-state index contributed by atoms with van der Waals surface area (Å²) in [6.45, 7) is 6.77. The van der Waals surface area contributed by atoms with Crippen molar-refractivity contribution in [1.82, 2.24) is 4.98 Å². The fourth-order valence-electron chi connectivity index (χ4n) is 5.32. The Kier molecular flexibility index (Phi) is 7.55. The maximum absolute atomic E-state index is 13.6. The Morgan fingerprint density at radius 1 is 0.949 bits per heavy atom. The lowest BCUT2D eigenvalue weighted by Crippen LogP contribution is -2.29. The van der Waals surface area contributed by atoms with Gasteiger partial charge in [0.15, 0.2) is 0 Å². The average Bonchev–Trinajstić information content (AvgIpc) is 3.42. The Balaban J connectivity index is 1.62. The third-order valence-corrected chi connectivity index (χ3v) is 7.43. The van der Waals surface area contributed by atoms with Gasteiger partial charge in [-0.3, -0.25) is 14.5 Å². The van der Waals surface area contributed by atoms with E-state index >= 15 is 0 Å². The van der Waals surface area contributed by atoms with Crippen LogP contribution in [0.4, 0.5) is 5.69 Å². The molecule has 1 aliphatic rings. The smallest absolute Gasteiger partial charge is 0.300 e. The minimum absolute atomic E-state index is 0.0732. The largest absolute Gasteiger partial charge is 0.507 e. The molecule has 1 unspecified atom stereocenters. The first-order valence-electron chi connectivity index (χ1n) is 13.6. The predicted molar refractivity (Wildman–Crippen MR) is 155 cm³/mol. The molecule has 5 rings (SSSR count). The van der Waals surface area contributed by atoms with Crippen molar-refractivity contribution in [2.75, 3.05) is 11.5 Å². The Labute approximate surface area is 228 Å². The molecule has 3 aromatic carbocycles. The van der Waals surface area contributed by atoms with Gasteiger partial charge >= 0.3 is 0 Å². The highest BCUT2D eigenvalue weighted by atomic mass is 16.5. The van der Waals surface area contributed by atoms with Crippen LogP contribution in [-0.4, -0.2) is 28.4 Å². The van der Waals surface area contributed by atoms with Crippen molar-refractivity contribution in [3.8, 4) is 5.75 Å². The number of aromatic nitrogens is 1. The SMILES string of the molecule is CCCCCOc1ccc(/C(O)=C2\C(=O)C(=O)N(c3ccc(CC)cc3)C2c2c(C)[nH]c3ccccc23)cc1. The van der Waals surface area contributed by atoms with Crippen molar-refractivity contribution in [2.24, 2.45) is 0 Å². The summed E-state index contributed by atoms with van der Waals surface area (Å²) in [7, 11) is 0. The van der Waals surface area contributed by atoms with Crippen molar-refractivity contribution in [2.45, 2.75) is 52.5 Å². The molecule has 2 heterocycles. The Morgan fingerprint density at radius 2 is 1.67 bits per heavy atom. The number of nitrogens with one attached hydrogen (secondary N) is 1. The zero-order valence-corrected chi connectivity index (χ0v) is 22.7. The second kappa shape index (κ2) is 11.2. The Hall–Kier alpha value is -4.32. The summed E-state index contributed by atoms with van der Waals surface area (Å²) in [5.41, 5.74) is 4.80. The highest BCUT2D eigenvalue weighted by molar-refractivity contribution is 6.52. The number of fused-ring (bicyclic) bond motifs is 1. The number of H-pyrrole nitrogens is 1. The molecule has 0 radical (unpaired) electrons. The number of rotatable bonds is 9. The standard InChI is InChI=1S/C33H34N2O4/c1-4-6-9-20-39-25-18-14-23(15-19-25)31(36)29-30(28-21(3)34-27-11-8-7-10-26(27)28)35(33(38)32(29)37)24-16-12-22(5-2)13-17-24/h7-8,10-19,30,34,36H,4-6,9,20H2,1-3H3/b31-29+. The molecule has 4 aromatic rings. The number of nitrogens with zero attached hydrogens (tertiary/aromatic N) is 1. The molecule has 0 saturated carbocycles. The molecular weight excluding hydrogens is 488 g/mol. The fraction of sp³-hybridized carbons (Fsp3) is 0.273. The average molecular weight is 523 g/mol. The Morgan fingerprint density at radius 3 is 2.36 bits per heavy atom. The third-order valence-electron chi connectivity index (χ3n) is 7.43. The van der Waals surface area contributed by atoms with E-state index in [1.54, 1.807) is 24.3 Å². The van der Waals surface area contributed by atoms with Gasteiger partial charge in [0.05, 0.1) is 18.2 Å². The zero-order chi connectivity index (χ0) is 27.5. The molecule has 200 valence electrons. The van der Waals surface area contributed by atoms with Crippen LogP contribution < -0.4 is 9.64 Å². The van der Waals surface area contributed by atoms with E-state index in [1.807, 2.05) is 55.5 Å². The molecule has 1 aromatic heterocycles. The lowest BCUT2D eigenvalue weighted by atomic mass is 9.93. The van der Waals surface area contributed by atoms with Gasteiger partial charge in [0, 0.05) is 33.4 Å². The number of para-hydroxylation sites is 1. The number of aromatic amines is 1. The van der Waals surface area contributed by atoms with Crippen molar-refractivity contribution >= 4 is 34.0 Å². The molecule has 2 N–H and O–H groups in total. The van der Waals surface area contributed by atoms with Gasteiger partial charge in [0.2, 0.25) is 0 Å². The van der Waals surface area contributed by atoms with Gasteiger partial charge in [-0.1, -0.05) is 57.0 Å². The number of benzene rings is 3. The van der Waals surface area contributed by atoms with Gasteiger partial charge in [0.25, 0.3) is 11.7 Å². The molecule has 1 saturated heterocycles. The van der Waals surface area contributed by atoms with Crippen LogP contribution in [0.2, 0.25) is 0 Å². The van der Waals surface area contributed by atoms with E-state index in [1.165, 1.54) is 4.90 Å². The number of hydrogen-bond acceptors (Lipinski definition) is 4. The van der Waals surface area contributed by atoms with Gasteiger partial charge < -0.3 is 14.8 Å². The maximum Gasteiger partial charge on any atom is 0.300 e. The number of ether oxygens (including phenoxy) is 1. The molecule has 1 amide bonds. The van der Waals surface area contributed by atoms with Crippen LogP contribution in [-0.2, 0) is 16.0 Å². The van der Waals surface area contributed by atoms with Crippen LogP contribution in [0.25, 0.3) is 16.7 Å². The second-order valence-corrected chi connectivity index (χ2v) is 9.98. The van der Waals surface area contributed by atoms with Gasteiger partial charge in [-0.2, -0.15) is 0 Å². The lowest BCUT2D eigenvalue weighted by molar-refractivity contribution is -0.132. The van der Waals surface area contributed by atoms with Crippen LogP contribution in [0.5, 0.6) is 5.75 Å². The molecule has 0 aliphatic carbocycles. The van der Waals surface area contributed by atoms with Gasteiger partial charge in [-0.05, 0) is 67.8 Å². The van der Waals surface area contributed by atoms with E-state index in [0.717, 1.165) is 53.4 Å². The first kappa shape index (κ1) is 26.3. The molecular formula is C33H34N2O4. The van der Waals surface area contributed by atoms with Crippen LogP contribution in [0.15, 0.2) is 78.4 Å². The third kappa shape index (κ3) is 4.94. The summed E-state index contributed by atoms with van der Waals surface area (Å²) in [5, 5.41) is 12.5. The lowest BCUT2D eigenvalue weighted by Gasteiger charge is -2.26. The van der Waals surface area contributed by atoms with Crippen molar-refractivity contribution in [1.29, 1.82) is 0 Å². The van der Waals surface area contributed by atoms with E-state index in [2.05, 4.69) is 18.8 Å². The summed E-state index contributed by atoms with van der Waals surface area (Å²) in [6, 6.07) is 21.7. The maximum atomic E-state index is 13.6. The molecule has 1 fully saturated rings. The van der Waals surface area contributed by atoms with Crippen molar-refractivity contribution in [3.05, 3.63) is 101 Å². The number of amides is 1. The monoisotopic (exact) mass is 522 g/mol. The number of carbonyl (C=O) groups excluding carboxylic acids is 2. The van der Waals surface area contributed by atoms with Gasteiger partial charge in [-0.25, -0.2) is 0 Å². The number of Topliss-reactive ketones (excluding diaryl/α,β-unsaturated/α-hetero) is 1. The number of carbonyl (C=O) groups is 2. The van der Waals surface area contributed by atoms with E-state index in [0.29, 0.717) is 23.6 Å². The van der Waals surface area contributed by atoms with Gasteiger partial charge in [-0.15, -0.1) is 0 Å². The molecule has 6 nitrogen and oxygen atoms in total. The van der Waals surface area contributed by atoms with Crippen LogP contribution >= 0.6 is 0 Å². The first-order chi connectivity index (χ1) is 18.9. The molecule has 0 spiro atoms. The number of aliphatic hydroxyl groups is 1. The number of aryl methyl sites for hydroxylation is 2. The minimum atomic E-state index is -0.793. The van der Waals surface area contributed by atoms with E-state index in [-0.39, 0.29) is 11.3 Å². The first-order valence-corrected chi connectivity index (χ1v) is 13.6. The van der Waals surface area contributed by atoms with E-state index in [9.17, 15) is 14.7 Å². The zero-order valence-electron chi connectivity index (χ0n) is 22.7. The van der Waals surface area contributed by atoms with Crippen LogP contribution in [0.1, 0.15) is 61.5 Å². The van der Waals surface area contributed by atoms with Crippen LogP contribution in [0, 0.1) is 6.92 Å². The molecule has 1 aliphatic heterocycles. The number of unbranched alkanes of at least 4 members (excludes halogenated alkanes) is 2. The number of ketones is 1. The van der Waals surface area contributed by atoms with E-state index in [4.69, 9.17) is 4.74 Å². The van der Waals surface area contributed by atoms with Crippen molar-refractivity contribution < 1.29 is 19.4 Å². The number of hydrogen-bond donors (Lipinski definition) is 2. The highest BCUT2D eigenvalue weighted by Gasteiger charge is 2.48. The summed E-state index contributed by atoms with van der Waals surface area (Å²) in [6.07, 6.45) is 4.06. The summed E-state index contributed by atoms with van der Waals surface area (Å²) < 4.78 is 5.81. The van der Waals surface area contributed by atoms with Crippen molar-refractivity contribution in [3.63, 3.8) is 0 Å². The highest BCUT2D eigenvalue weighted by Crippen LogP contribution is 2.45. The topological polar surface area (TPSA) is 82.6 Å². The summed E-state index contributed by atoms with van der Waals surface area (Å²) >= 11 is 0.